The number of anilines is 1. The van der Waals surface area contributed by atoms with Crippen LogP contribution in [0.15, 0.2) is 24.3 Å². The van der Waals surface area contributed by atoms with E-state index in [-0.39, 0.29) is 18.2 Å². The highest BCUT2D eigenvalue weighted by molar-refractivity contribution is 7.15. The number of hydrogen-bond acceptors (Lipinski definition) is 7. The number of rotatable bonds is 6. The van der Waals surface area contributed by atoms with Crippen LogP contribution >= 0.6 is 11.3 Å². The van der Waals surface area contributed by atoms with Crippen molar-refractivity contribution in [2.24, 2.45) is 0 Å². The van der Waals surface area contributed by atoms with E-state index in [2.05, 4.69) is 31.8 Å². The normalized spacial score (nSPS) is 18.0. The average molecular weight is 403 g/mol. The van der Waals surface area contributed by atoms with E-state index in [1.807, 2.05) is 39.0 Å². The molecule has 0 unspecified atom stereocenters. The van der Waals surface area contributed by atoms with E-state index in [9.17, 15) is 9.59 Å². The van der Waals surface area contributed by atoms with Crippen LogP contribution in [0.1, 0.15) is 36.4 Å². The quantitative estimate of drug-likeness (QED) is 0.668. The summed E-state index contributed by atoms with van der Waals surface area (Å²) in [6.07, 6.45) is 0.0787. The summed E-state index contributed by atoms with van der Waals surface area (Å²) in [5, 5.41) is 14.6. The number of nitrogens with zero attached hydrogens (tertiary/aromatic N) is 3. The monoisotopic (exact) mass is 402 g/mol. The van der Waals surface area contributed by atoms with Gasteiger partial charge in [-0.25, -0.2) is 0 Å². The maximum Gasteiger partial charge on any atom is 0.237 e. The number of carbonyl (C=O) groups is 2. The zero-order valence-electron chi connectivity index (χ0n) is 16.4. The number of nitrogens with two attached hydrogens (primary N) is 1. The van der Waals surface area contributed by atoms with Crippen LogP contribution in [0.4, 0.5) is 5.13 Å². The lowest BCUT2D eigenvalue weighted by molar-refractivity contribution is -0.134. The summed E-state index contributed by atoms with van der Waals surface area (Å²) in [4.78, 5) is 27.2. The number of nitrogen functional groups attached to an aromatic ring is 1. The van der Waals surface area contributed by atoms with Crippen LogP contribution in [-0.2, 0) is 21.7 Å². The largest absolute Gasteiger partial charge is 0.374 e. The predicted molar refractivity (Wildman–Crippen MR) is 108 cm³/mol. The molecule has 0 aliphatic carbocycles. The third kappa shape index (κ3) is 4.85. The molecular weight excluding hydrogens is 376 g/mol. The minimum Gasteiger partial charge on any atom is -0.374 e. The maximum absolute atomic E-state index is 12.7. The summed E-state index contributed by atoms with van der Waals surface area (Å²) in [6.45, 7) is 7.64. The van der Waals surface area contributed by atoms with Crippen molar-refractivity contribution in [3.8, 4) is 0 Å². The molecule has 1 aromatic carbocycles. The van der Waals surface area contributed by atoms with E-state index in [0.717, 1.165) is 5.56 Å². The molecule has 0 bridgehead atoms. The predicted octanol–water partition coefficient (Wildman–Crippen LogP) is 1.17. The molecule has 2 heterocycles. The number of carbonyl (C=O) groups excluding carboxylic acids is 2. The van der Waals surface area contributed by atoms with Crippen LogP contribution in [0, 0.1) is 6.92 Å². The molecule has 1 atom stereocenters. The van der Waals surface area contributed by atoms with E-state index in [1.165, 1.54) is 16.9 Å². The third-order valence-electron chi connectivity index (χ3n) is 4.72. The second kappa shape index (κ2) is 8.24. The molecule has 1 aromatic heterocycles. The topological polar surface area (TPSA) is 113 Å². The Morgan fingerprint density at radius 2 is 2.21 bits per heavy atom. The Bertz CT molecular complexity index is 866. The van der Waals surface area contributed by atoms with Crippen molar-refractivity contribution < 1.29 is 9.59 Å². The van der Waals surface area contributed by atoms with Crippen molar-refractivity contribution in [3.63, 3.8) is 0 Å². The van der Waals surface area contributed by atoms with Crippen molar-refractivity contribution in [1.29, 1.82) is 0 Å². The van der Waals surface area contributed by atoms with Crippen molar-refractivity contribution in [2.45, 2.75) is 45.3 Å². The lowest BCUT2D eigenvalue weighted by Gasteiger charge is -2.35. The fraction of sp³-hybridized carbons (Fsp3) is 0.474. The Morgan fingerprint density at radius 3 is 2.89 bits per heavy atom. The Hall–Kier alpha value is -2.52. The highest BCUT2D eigenvalue weighted by Gasteiger charge is 2.34. The fourth-order valence-corrected chi connectivity index (χ4v) is 4.00. The van der Waals surface area contributed by atoms with Crippen LogP contribution in [0.2, 0.25) is 0 Å². The van der Waals surface area contributed by atoms with Gasteiger partial charge in [-0.05, 0) is 26.3 Å². The number of hydrogen-bond donors (Lipinski definition) is 3. The molecule has 0 radical (unpaired) electrons. The minimum atomic E-state index is -0.709. The molecule has 8 nitrogen and oxygen atoms in total. The van der Waals surface area contributed by atoms with E-state index in [4.69, 9.17) is 5.73 Å². The number of amides is 2. The lowest BCUT2D eigenvalue weighted by Crippen LogP contribution is -2.56. The molecular formula is C19H26N6O2S. The number of aromatic nitrogens is 2. The molecule has 1 aliphatic heterocycles. The molecule has 0 saturated carbocycles. The molecule has 2 aromatic rings. The van der Waals surface area contributed by atoms with Gasteiger partial charge in [0.2, 0.25) is 16.9 Å². The average Bonchev–Trinajstić information content (AvgIpc) is 3.05. The summed E-state index contributed by atoms with van der Waals surface area (Å²) >= 11 is 1.24. The summed E-state index contributed by atoms with van der Waals surface area (Å²) in [5.41, 5.74) is 7.24. The van der Waals surface area contributed by atoms with Crippen molar-refractivity contribution in [3.05, 3.63) is 40.4 Å². The van der Waals surface area contributed by atoms with Crippen molar-refractivity contribution in [1.82, 2.24) is 25.7 Å². The Kier molecular flexibility index (Phi) is 5.95. The first-order valence-electron chi connectivity index (χ1n) is 9.22. The van der Waals surface area contributed by atoms with Gasteiger partial charge in [0.15, 0.2) is 0 Å². The van der Waals surface area contributed by atoms with Gasteiger partial charge in [0, 0.05) is 19.6 Å². The summed E-state index contributed by atoms with van der Waals surface area (Å²) in [6, 6.07) is 7.68. The van der Waals surface area contributed by atoms with Crippen LogP contribution in [-0.4, -0.2) is 46.0 Å². The lowest BCUT2D eigenvalue weighted by atomic mass is 10.0. The first-order valence-corrected chi connectivity index (χ1v) is 10.0. The van der Waals surface area contributed by atoms with Gasteiger partial charge >= 0.3 is 0 Å². The number of benzene rings is 1. The van der Waals surface area contributed by atoms with E-state index in [0.29, 0.717) is 29.8 Å². The number of piperazine rings is 1. The molecule has 2 amide bonds. The van der Waals surface area contributed by atoms with Gasteiger partial charge in [-0.1, -0.05) is 41.2 Å². The van der Waals surface area contributed by atoms with E-state index >= 15 is 0 Å². The Morgan fingerprint density at radius 1 is 1.43 bits per heavy atom. The fourth-order valence-electron chi connectivity index (χ4n) is 3.33. The maximum atomic E-state index is 12.7. The second-order valence-electron chi connectivity index (χ2n) is 7.59. The summed E-state index contributed by atoms with van der Waals surface area (Å²) in [7, 11) is 0. The van der Waals surface area contributed by atoms with Crippen LogP contribution in [0.5, 0.6) is 0 Å². The highest BCUT2D eigenvalue weighted by Crippen LogP contribution is 2.25. The molecule has 150 valence electrons. The van der Waals surface area contributed by atoms with Gasteiger partial charge in [-0.3, -0.25) is 14.5 Å². The minimum absolute atomic E-state index is 0.0787. The van der Waals surface area contributed by atoms with Gasteiger partial charge in [0.1, 0.15) is 5.01 Å². The van der Waals surface area contributed by atoms with Crippen LogP contribution in [0.25, 0.3) is 0 Å². The van der Waals surface area contributed by atoms with E-state index < -0.39 is 11.6 Å². The van der Waals surface area contributed by atoms with Gasteiger partial charge in [-0.15, -0.1) is 10.2 Å². The molecule has 9 heteroatoms. The summed E-state index contributed by atoms with van der Waals surface area (Å²) in [5.74, 6) is -0.331. The van der Waals surface area contributed by atoms with Crippen LogP contribution in [0.3, 0.4) is 0 Å². The smallest absolute Gasteiger partial charge is 0.237 e. The molecule has 1 aliphatic rings. The highest BCUT2D eigenvalue weighted by atomic mass is 32.1. The molecule has 28 heavy (non-hydrogen) atoms. The Labute approximate surface area is 168 Å². The first kappa shape index (κ1) is 20.2. The van der Waals surface area contributed by atoms with Gasteiger partial charge in [0.05, 0.1) is 18.0 Å². The molecule has 1 fully saturated rings. The second-order valence-corrected chi connectivity index (χ2v) is 8.60. The van der Waals surface area contributed by atoms with Crippen molar-refractivity contribution in [2.75, 3.05) is 18.8 Å². The first-order chi connectivity index (χ1) is 13.2. The van der Waals surface area contributed by atoms with Gasteiger partial charge in [-0.2, -0.15) is 0 Å². The van der Waals surface area contributed by atoms with Crippen molar-refractivity contribution >= 4 is 28.3 Å². The SMILES string of the molecule is Cc1cccc(CN2CCNC(=O)[C@@H]2CC(=O)NC(C)(C)c2nnc(N)s2)c1. The molecule has 0 spiro atoms. The zero-order valence-corrected chi connectivity index (χ0v) is 17.2. The van der Waals surface area contributed by atoms with E-state index in [1.54, 1.807) is 0 Å². The van der Waals surface area contributed by atoms with Gasteiger partial charge in [0.25, 0.3) is 0 Å². The standard InChI is InChI=1S/C19H26N6O2S/c1-12-5-4-6-13(9-12)11-25-8-7-21-16(27)14(25)10-15(26)22-19(2,3)17-23-24-18(20)28-17/h4-6,9,14H,7-8,10-11H2,1-3H3,(H2,20,24)(H,21,27)(H,22,26)/t14-/m0/s1. The number of aryl methyl sites for hydroxylation is 1. The zero-order chi connectivity index (χ0) is 20.3. The molecule has 1 saturated heterocycles. The third-order valence-corrected chi connectivity index (χ3v) is 5.79. The summed E-state index contributed by atoms with van der Waals surface area (Å²) < 4.78 is 0. The van der Waals surface area contributed by atoms with Gasteiger partial charge < -0.3 is 16.4 Å². The number of nitrogens with one attached hydrogen (secondary N) is 2. The van der Waals surface area contributed by atoms with Crippen LogP contribution < -0.4 is 16.4 Å². The molecule has 4 N–H and O–H groups in total. The Balaban J connectivity index is 1.68. The molecule has 3 rings (SSSR count).